The molecule has 2 N–H and O–H groups in total. The summed E-state index contributed by atoms with van der Waals surface area (Å²) in [6.07, 6.45) is 14.5. The molecule has 0 unspecified atom stereocenters. The van der Waals surface area contributed by atoms with Gasteiger partial charge in [0.1, 0.15) is 0 Å². The Bertz CT molecular complexity index is 883. The van der Waals surface area contributed by atoms with E-state index in [9.17, 15) is 10.2 Å². The second-order valence-electron chi connectivity index (χ2n) is 11.8. The second kappa shape index (κ2) is 8.04. The van der Waals surface area contributed by atoms with Crippen LogP contribution in [-0.2, 0) is 0 Å². The number of nitrogens with zero attached hydrogens (tertiary/aromatic N) is 1. The minimum Gasteiger partial charge on any atom is -0.504 e. The molecule has 0 spiro atoms. The van der Waals surface area contributed by atoms with Gasteiger partial charge in [0, 0.05) is 17.2 Å². The third-order valence-corrected chi connectivity index (χ3v) is 10.7. The van der Waals surface area contributed by atoms with E-state index < -0.39 is 5.60 Å². The number of para-hydroxylation sites is 1. The Kier molecular flexibility index (Phi) is 5.59. The van der Waals surface area contributed by atoms with Gasteiger partial charge < -0.3 is 14.9 Å². The molecule has 0 amide bonds. The smallest absolute Gasteiger partial charge is 0.166 e. The SMILES string of the molecule is COc1cccc(C=NC[C@@]2(O)CC[C@@H]3[C@@H]4CC[C@@H]5CCCC[C@]5(C)[C@H]4CC[C@]32C)c1O. The molecule has 1 aromatic carbocycles. The van der Waals surface area contributed by atoms with Crippen molar-refractivity contribution in [3.8, 4) is 11.5 Å². The Balaban J connectivity index is 1.34. The van der Waals surface area contributed by atoms with E-state index in [1.165, 1.54) is 44.9 Å². The van der Waals surface area contributed by atoms with Crippen molar-refractivity contribution in [1.29, 1.82) is 0 Å². The first-order valence-corrected chi connectivity index (χ1v) is 12.9. The van der Waals surface area contributed by atoms with Gasteiger partial charge >= 0.3 is 0 Å². The summed E-state index contributed by atoms with van der Waals surface area (Å²) < 4.78 is 5.21. The van der Waals surface area contributed by atoms with Gasteiger partial charge in [-0.05, 0) is 92.6 Å². The molecule has 4 aliphatic rings. The molecule has 1 aromatic rings. The molecule has 32 heavy (non-hydrogen) atoms. The highest BCUT2D eigenvalue weighted by molar-refractivity contribution is 5.84. The predicted octanol–water partition coefficient (Wildman–Crippen LogP) is 5.98. The molecular weight excluding hydrogens is 398 g/mol. The molecule has 4 saturated carbocycles. The molecule has 5 rings (SSSR count). The Hall–Kier alpha value is -1.55. The summed E-state index contributed by atoms with van der Waals surface area (Å²) in [5, 5.41) is 22.2. The standard InChI is InChI=1S/C28H41NO3/c1-26-14-5-4-8-20(26)10-11-21-22(26)12-15-27(2)23(21)13-16-28(27,31)18-29-17-19-7-6-9-24(32-3)25(19)30/h6-7,9,17,20-23,30-31H,4-5,8,10-16,18H2,1-3H3/t20-,21+,22-,23+,26-,27+,28-/m0/s1. The number of rotatable bonds is 4. The van der Waals surface area contributed by atoms with Crippen molar-refractivity contribution in [1.82, 2.24) is 0 Å². The molecule has 0 bridgehead atoms. The molecule has 0 heterocycles. The highest BCUT2D eigenvalue weighted by Crippen LogP contribution is 2.68. The molecule has 0 radical (unpaired) electrons. The van der Waals surface area contributed by atoms with Crippen LogP contribution < -0.4 is 4.74 Å². The third kappa shape index (κ3) is 3.23. The fraction of sp³-hybridized carbons (Fsp3) is 0.750. The molecule has 0 saturated heterocycles. The summed E-state index contributed by atoms with van der Waals surface area (Å²) >= 11 is 0. The van der Waals surface area contributed by atoms with Crippen molar-refractivity contribution in [2.24, 2.45) is 39.5 Å². The third-order valence-electron chi connectivity index (χ3n) is 10.7. The molecule has 4 nitrogen and oxygen atoms in total. The van der Waals surface area contributed by atoms with Gasteiger partial charge in [-0.2, -0.15) is 0 Å². The van der Waals surface area contributed by atoms with Gasteiger partial charge in [0.15, 0.2) is 11.5 Å². The lowest BCUT2D eigenvalue weighted by Crippen LogP contribution is -2.56. The molecule has 0 aromatic heterocycles. The number of aromatic hydroxyl groups is 1. The lowest BCUT2D eigenvalue weighted by atomic mass is 9.44. The highest BCUT2D eigenvalue weighted by Gasteiger charge is 2.64. The van der Waals surface area contributed by atoms with Gasteiger partial charge in [0.05, 0.1) is 19.3 Å². The van der Waals surface area contributed by atoms with Crippen LogP contribution in [0.4, 0.5) is 0 Å². The van der Waals surface area contributed by atoms with E-state index in [0.29, 0.717) is 29.2 Å². The Morgan fingerprint density at radius 2 is 1.84 bits per heavy atom. The van der Waals surface area contributed by atoms with E-state index in [2.05, 4.69) is 18.8 Å². The zero-order valence-corrected chi connectivity index (χ0v) is 20.1. The Morgan fingerprint density at radius 1 is 1.03 bits per heavy atom. The summed E-state index contributed by atoms with van der Waals surface area (Å²) in [6.45, 7) is 5.38. The molecule has 4 aliphatic carbocycles. The highest BCUT2D eigenvalue weighted by atomic mass is 16.5. The summed E-state index contributed by atoms with van der Waals surface area (Å²) in [4.78, 5) is 4.66. The van der Waals surface area contributed by atoms with Crippen molar-refractivity contribution in [2.75, 3.05) is 13.7 Å². The van der Waals surface area contributed by atoms with Gasteiger partial charge in [0.25, 0.3) is 0 Å². The number of aliphatic imine (C=N–C) groups is 1. The molecule has 7 atom stereocenters. The zero-order valence-electron chi connectivity index (χ0n) is 20.1. The number of aliphatic hydroxyl groups is 1. The number of hydrogen-bond donors (Lipinski definition) is 2. The summed E-state index contributed by atoms with van der Waals surface area (Å²) in [6, 6.07) is 5.42. The molecule has 0 aliphatic heterocycles. The Labute approximate surface area is 193 Å². The number of ether oxygens (including phenoxy) is 1. The monoisotopic (exact) mass is 439 g/mol. The van der Waals surface area contributed by atoms with Crippen molar-refractivity contribution in [2.45, 2.75) is 83.7 Å². The number of benzene rings is 1. The van der Waals surface area contributed by atoms with Crippen LogP contribution in [0.2, 0.25) is 0 Å². The number of phenols is 1. The van der Waals surface area contributed by atoms with Gasteiger partial charge in [-0.3, -0.25) is 4.99 Å². The zero-order chi connectivity index (χ0) is 22.6. The largest absolute Gasteiger partial charge is 0.504 e. The molecule has 4 heteroatoms. The van der Waals surface area contributed by atoms with E-state index >= 15 is 0 Å². The Morgan fingerprint density at radius 3 is 2.66 bits per heavy atom. The van der Waals surface area contributed by atoms with Crippen molar-refractivity contribution in [3.63, 3.8) is 0 Å². The van der Waals surface area contributed by atoms with Crippen LogP contribution in [0.5, 0.6) is 11.5 Å². The number of hydrogen-bond acceptors (Lipinski definition) is 4. The number of phenolic OH excluding ortho intramolecular Hbond substituents is 1. The first kappa shape index (κ1) is 22.3. The fourth-order valence-electron chi connectivity index (χ4n) is 8.77. The normalized spacial score (nSPS) is 43.5. The predicted molar refractivity (Wildman–Crippen MR) is 128 cm³/mol. The first-order chi connectivity index (χ1) is 15.3. The van der Waals surface area contributed by atoms with Crippen LogP contribution >= 0.6 is 0 Å². The lowest BCUT2D eigenvalue weighted by molar-refractivity contribution is -0.147. The van der Waals surface area contributed by atoms with E-state index in [-0.39, 0.29) is 11.2 Å². The molecule has 4 fully saturated rings. The van der Waals surface area contributed by atoms with Crippen LogP contribution in [0.3, 0.4) is 0 Å². The van der Waals surface area contributed by atoms with Crippen molar-refractivity contribution < 1.29 is 14.9 Å². The summed E-state index contributed by atoms with van der Waals surface area (Å²) in [5.41, 5.74) is 0.364. The van der Waals surface area contributed by atoms with Crippen LogP contribution in [0.15, 0.2) is 23.2 Å². The number of methoxy groups -OCH3 is 1. The van der Waals surface area contributed by atoms with Crippen LogP contribution in [-0.4, -0.2) is 35.7 Å². The van der Waals surface area contributed by atoms with Gasteiger partial charge in [-0.15, -0.1) is 0 Å². The van der Waals surface area contributed by atoms with Crippen molar-refractivity contribution >= 4 is 6.21 Å². The average molecular weight is 440 g/mol. The quantitative estimate of drug-likeness (QED) is 0.567. The molecular formula is C28H41NO3. The van der Waals surface area contributed by atoms with Crippen LogP contribution in [0, 0.1) is 34.5 Å². The van der Waals surface area contributed by atoms with E-state index in [1.54, 1.807) is 19.4 Å². The van der Waals surface area contributed by atoms with Gasteiger partial charge in [0.2, 0.25) is 0 Å². The fourth-order valence-corrected chi connectivity index (χ4v) is 8.77. The van der Waals surface area contributed by atoms with Crippen LogP contribution in [0.25, 0.3) is 0 Å². The van der Waals surface area contributed by atoms with E-state index in [4.69, 9.17) is 4.74 Å². The molecule has 176 valence electrons. The van der Waals surface area contributed by atoms with Crippen molar-refractivity contribution in [3.05, 3.63) is 23.8 Å². The summed E-state index contributed by atoms with van der Waals surface area (Å²) in [5.74, 6) is 3.73. The average Bonchev–Trinajstić information content (AvgIpc) is 3.05. The number of fused-ring (bicyclic) bond motifs is 5. The maximum Gasteiger partial charge on any atom is 0.166 e. The van der Waals surface area contributed by atoms with E-state index in [1.807, 2.05) is 12.1 Å². The first-order valence-electron chi connectivity index (χ1n) is 12.9. The maximum absolute atomic E-state index is 11.9. The van der Waals surface area contributed by atoms with E-state index in [0.717, 1.165) is 37.0 Å². The lowest BCUT2D eigenvalue weighted by Gasteiger charge is -2.61. The topological polar surface area (TPSA) is 62.0 Å². The maximum atomic E-state index is 11.9. The van der Waals surface area contributed by atoms with Gasteiger partial charge in [-0.1, -0.05) is 32.8 Å². The van der Waals surface area contributed by atoms with Gasteiger partial charge in [-0.25, -0.2) is 0 Å². The second-order valence-corrected chi connectivity index (χ2v) is 11.8. The minimum absolute atomic E-state index is 0.0558. The van der Waals surface area contributed by atoms with Crippen LogP contribution in [0.1, 0.15) is 83.6 Å². The summed E-state index contributed by atoms with van der Waals surface area (Å²) in [7, 11) is 1.55. The minimum atomic E-state index is -0.752.